The summed E-state index contributed by atoms with van der Waals surface area (Å²) in [4.78, 5) is 5.67. The first-order valence-corrected chi connectivity index (χ1v) is 10.1. The molecule has 0 saturated carbocycles. The van der Waals surface area contributed by atoms with Gasteiger partial charge in [-0.1, -0.05) is 13.8 Å². The normalized spacial score (nSPS) is 22.4. The molecular formula is C21H27NO2S. The molecule has 134 valence electrons. The van der Waals surface area contributed by atoms with Crippen LogP contribution in [0.5, 0.6) is 11.5 Å². The molecule has 4 heteroatoms. The minimum absolute atomic E-state index is 0.258. The Morgan fingerprint density at radius 2 is 2.08 bits per heavy atom. The molecule has 0 spiro atoms. The quantitative estimate of drug-likeness (QED) is 0.850. The van der Waals surface area contributed by atoms with Crippen molar-refractivity contribution in [2.75, 3.05) is 13.7 Å². The fraction of sp³-hybridized carbons (Fsp3) is 0.524. The van der Waals surface area contributed by atoms with E-state index >= 15 is 0 Å². The van der Waals surface area contributed by atoms with Crippen LogP contribution in [-0.4, -0.2) is 23.7 Å². The van der Waals surface area contributed by atoms with Crippen LogP contribution in [0.1, 0.15) is 59.3 Å². The number of thiophene rings is 1. The van der Waals surface area contributed by atoms with E-state index in [1.807, 2.05) is 23.5 Å². The summed E-state index contributed by atoms with van der Waals surface area (Å²) in [6.07, 6.45) is 3.25. The Morgan fingerprint density at radius 1 is 1.28 bits per heavy atom. The number of methoxy groups -OCH3 is 1. The van der Waals surface area contributed by atoms with Crippen molar-refractivity contribution in [1.29, 1.82) is 0 Å². The summed E-state index contributed by atoms with van der Waals surface area (Å²) in [5, 5.41) is 10.3. The van der Waals surface area contributed by atoms with E-state index in [0.29, 0.717) is 23.8 Å². The number of aromatic hydroxyl groups is 1. The number of hydrogen-bond donors (Lipinski definition) is 1. The van der Waals surface area contributed by atoms with Gasteiger partial charge in [-0.25, -0.2) is 0 Å². The maximum atomic E-state index is 10.3. The van der Waals surface area contributed by atoms with Crippen LogP contribution in [0.25, 0.3) is 0 Å². The largest absolute Gasteiger partial charge is 0.504 e. The van der Waals surface area contributed by atoms with Crippen molar-refractivity contribution in [3.63, 3.8) is 0 Å². The second-order valence-corrected chi connectivity index (χ2v) is 9.02. The smallest absolute Gasteiger partial charge is 0.160 e. The molecule has 3 heterocycles. The molecule has 1 unspecified atom stereocenters. The molecule has 2 aromatic rings. The zero-order chi connectivity index (χ0) is 17.7. The molecule has 0 saturated heterocycles. The van der Waals surface area contributed by atoms with Gasteiger partial charge in [-0.3, -0.25) is 4.90 Å². The number of hydrogen-bond acceptors (Lipinski definition) is 4. The van der Waals surface area contributed by atoms with Crippen molar-refractivity contribution in [3.05, 3.63) is 44.6 Å². The molecule has 0 bridgehead atoms. The second-order valence-electron chi connectivity index (χ2n) is 7.80. The van der Waals surface area contributed by atoms with E-state index in [0.717, 1.165) is 19.4 Å². The van der Waals surface area contributed by atoms with Gasteiger partial charge >= 0.3 is 0 Å². The topological polar surface area (TPSA) is 32.7 Å². The van der Waals surface area contributed by atoms with Gasteiger partial charge in [-0.05, 0) is 60.6 Å². The van der Waals surface area contributed by atoms with Crippen molar-refractivity contribution in [1.82, 2.24) is 4.90 Å². The molecule has 3 nitrogen and oxygen atoms in total. The van der Waals surface area contributed by atoms with Crippen LogP contribution < -0.4 is 4.74 Å². The molecule has 25 heavy (non-hydrogen) atoms. The van der Waals surface area contributed by atoms with Crippen molar-refractivity contribution in [2.24, 2.45) is 5.92 Å². The Kier molecular flexibility index (Phi) is 4.28. The van der Waals surface area contributed by atoms with Crippen LogP contribution in [0.2, 0.25) is 0 Å². The molecule has 0 amide bonds. The highest BCUT2D eigenvalue weighted by molar-refractivity contribution is 7.12. The van der Waals surface area contributed by atoms with E-state index < -0.39 is 0 Å². The maximum Gasteiger partial charge on any atom is 0.160 e. The number of benzene rings is 1. The highest BCUT2D eigenvalue weighted by Crippen LogP contribution is 2.48. The van der Waals surface area contributed by atoms with E-state index in [2.05, 4.69) is 31.7 Å². The first kappa shape index (κ1) is 16.9. The highest BCUT2D eigenvalue weighted by atomic mass is 32.1. The Hall–Kier alpha value is -1.52. The van der Waals surface area contributed by atoms with Crippen LogP contribution in [0.15, 0.2) is 18.2 Å². The van der Waals surface area contributed by atoms with Gasteiger partial charge in [0.25, 0.3) is 0 Å². The molecule has 1 N–H and O–H groups in total. The fourth-order valence-corrected chi connectivity index (χ4v) is 5.97. The molecule has 2 atom stereocenters. The minimum Gasteiger partial charge on any atom is -0.504 e. The maximum absolute atomic E-state index is 10.3. The lowest BCUT2D eigenvalue weighted by atomic mass is 9.84. The average Bonchev–Trinajstić information content (AvgIpc) is 2.96. The standard InChI is InChI=1S/C21H27NO2S/c1-12(2)7-15-9-16-13(3)22-6-5-14-8-20(24-4)19(23)10-17(14)18(22)11-21(16)25-15/h8-10,12-13,18,23H,5-7,11H2,1-4H3/t13?,18-/m0/s1. The number of nitrogens with zero attached hydrogens (tertiary/aromatic N) is 1. The predicted octanol–water partition coefficient (Wildman–Crippen LogP) is 4.88. The third-order valence-electron chi connectivity index (χ3n) is 5.67. The summed E-state index contributed by atoms with van der Waals surface area (Å²) in [6.45, 7) is 7.99. The van der Waals surface area contributed by atoms with Gasteiger partial charge in [0.2, 0.25) is 0 Å². The van der Waals surface area contributed by atoms with E-state index in [-0.39, 0.29) is 5.75 Å². The van der Waals surface area contributed by atoms with Gasteiger partial charge in [-0.15, -0.1) is 11.3 Å². The molecule has 0 fully saturated rings. The number of ether oxygens (including phenoxy) is 1. The van der Waals surface area contributed by atoms with Crippen LogP contribution in [0, 0.1) is 5.92 Å². The molecule has 0 radical (unpaired) electrons. The van der Waals surface area contributed by atoms with Gasteiger partial charge in [0.1, 0.15) is 0 Å². The summed E-state index contributed by atoms with van der Waals surface area (Å²) >= 11 is 2.00. The van der Waals surface area contributed by atoms with E-state index in [9.17, 15) is 5.11 Å². The fourth-order valence-electron chi connectivity index (χ4n) is 4.46. The lowest BCUT2D eigenvalue weighted by Crippen LogP contribution is -2.41. The van der Waals surface area contributed by atoms with Crippen LogP contribution in [0.4, 0.5) is 0 Å². The summed E-state index contributed by atoms with van der Waals surface area (Å²) in [5.74, 6) is 1.54. The Bertz CT molecular complexity index is 795. The third-order valence-corrected chi connectivity index (χ3v) is 6.86. The van der Waals surface area contributed by atoms with Gasteiger partial charge in [0.15, 0.2) is 11.5 Å². The second kappa shape index (κ2) is 6.33. The van der Waals surface area contributed by atoms with Crippen LogP contribution >= 0.6 is 11.3 Å². The van der Waals surface area contributed by atoms with Crippen molar-refractivity contribution in [3.8, 4) is 11.5 Å². The molecule has 2 aliphatic rings. The molecule has 0 aliphatic carbocycles. The Balaban J connectivity index is 1.72. The molecule has 1 aromatic carbocycles. The van der Waals surface area contributed by atoms with Gasteiger partial charge in [0.05, 0.1) is 7.11 Å². The Morgan fingerprint density at radius 3 is 2.80 bits per heavy atom. The van der Waals surface area contributed by atoms with E-state index in [4.69, 9.17) is 4.74 Å². The summed E-state index contributed by atoms with van der Waals surface area (Å²) in [7, 11) is 1.62. The lowest BCUT2D eigenvalue weighted by Gasteiger charge is -2.44. The van der Waals surface area contributed by atoms with E-state index in [1.165, 1.54) is 32.9 Å². The Labute approximate surface area is 154 Å². The van der Waals surface area contributed by atoms with Crippen molar-refractivity contribution in [2.45, 2.75) is 52.1 Å². The SMILES string of the molecule is COc1cc2c(cc1O)[C@@H]1Cc3sc(CC(C)C)cc3C(C)N1CC2. The number of fused-ring (bicyclic) bond motifs is 4. The number of phenols is 1. The van der Waals surface area contributed by atoms with Gasteiger partial charge < -0.3 is 9.84 Å². The summed E-state index contributed by atoms with van der Waals surface area (Å²) < 4.78 is 5.30. The monoisotopic (exact) mass is 357 g/mol. The van der Waals surface area contributed by atoms with E-state index in [1.54, 1.807) is 7.11 Å². The number of phenolic OH excluding ortho intramolecular Hbond substituents is 1. The summed E-state index contributed by atoms with van der Waals surface area (Å²) in [5.41, 5.74) is 4.13. The molecular weight excluding hydrogens is 330 g/mol. The van der Waals surface area contributed by atoms with Crippen molar-refractivity contribution < 1.29 is 9.84 Å². The highest BCUT2D eigenvalue weighted by Gasteiger charge is 2.37. The first-order valence-electron chi connectivity index (χ1n) is 9.25. The lowest BCUT2D eigenvalue weighted by molar-refractivity contribution is 0.119. The zero-order valence-electron chi connectivity index (χ0n) is 15.5. The van der Waals surface area contributed by atoms with Gasteiger partial charge in [0, 0.05) is 34.8 Å². The zero-order valence-corrected chi connectivity index (χ0v) is 16.3. The average molecular weight is 358 g/mol. The van der Waals surface area contributed by atoms with Crippen molar-refractivity contribution >= 4 is 11.3 Å². The molecule has 2 aliphatic heterocycles. The van der Waals surface area contributed by atoms with Crippen LogP contribution in [0.3, 0.4) is 0 Å². The minimum atomic E-state index is 0.258. The molecule has 4 rings (SSSR count). The van der Waals surface area contributed by atoms with Gasteiger partial charge in [-0.2, -0.15) is 0 Å². The predicted molar refractivity (Wildman–Crippen MR) is 103 cm³/mol. The molecule has 1 aromatic heterocycles. The third kappa shape index (κ3) is 2.85. The van der Waals surface area contributed by atoms with Crippen LogP contribution in [-0.2, 0) is 19.3 Å². The first-order chi connectivity index (χ1) is 12.0. The number of rotatable bonds is 3. The summed E-state index contributed by atoms with van der Waals surface area (Å²) in [6, 6.07) is 7.23.